The third kappa shape index (κ3) is 2.64. The van der Waals surface area contributed by atoms with Crippen LogP contribution in [-0.4, -0.2) is 36.0 Å². The first-order valence-electron chi connectivity index (χ1n) is 7.63. The molecule has 1 aliphatic rings. The largest absolute Gasteiger partial charge is 0.379 e. The molecule has 0 spiro atoms. The van der Waals surface area contributed by atoms with Crippen molar-refractivity contribution in [3.05, 3.63) is 54.6 Å². The third-order valence-corrected chi connectivity index (χ3v) is 8.70. The number of fused-ring (bicyclic) bond motifs is 1. The van der Waals surface area contributed by atoms with E-state index in [2.05, 4.69) is 4.67 Å². The van der Waals surface area contributed by atoms with Gasteiger partial charge in [-0.15, -0.1) is 11.3 Å². The molecule has 1 fully saturated rings. The van der Waals surface area contributed by atoms with Gasteiger partial charge in [0, 0.05) is 18.4 Å². The predicted octanol–water partition coefficient (Wildman–Crippen LogP) is 2.86. The van der Waals surface area contributed by atoms with Crippen molar-refractivity contribution < 1.29 is 9.30 Å². The standard InChI is InChI=1S/C17H17N2O2PS/c20-22(14-6-2-1-3-7-14,19-10-12-21-13-11-19)17-18-15-8-4-5-9-16(15)23-17/h1-9H,10-13H2/t22-/m0/s1. The van der Waals surface area contributed by atoms with E-state index in [9.17, 15) is 4.57 Å². The van der Waals surface area contributed by atoms with Crippen LogP contribution >= 0.6 is 18.6 Å². The summed E-state index contributed by atoms with van der Waals surface area (Å²) in [5.74, 6) is 0. The summed E-state index contributed by atoms with van der Waals surface area (Å²) in [6, 6.07) is 17.7. The van der Waals surface area contributed by atoms with Gasteiger partial charge < -0.3 is 4.74 Å². The Balaban J connectivity index is 1.89. The van der Waals surface area contributed by atoms with E-state index in [1.807, 2.05) is 54.6 Å². The lowest BCUT2D eigenvalue weighted by Crippen LogP contribution is -2.40. The van der Waals surface area contributed by atoms with Crippen molar-refractivity contribution in [1.82, 2.24) is 9.65 Å². The van der Waals surface area contributed by atoms with Crippen molar-refractivity contribution in [3.8, 4) is 0 Å². The lowest BCUT2D eigenvalue weighted by atomic mass is 10.3. The van der Waals surface area contributed by atoms with E-state index < -0.39 is 7.29 Å². The zero-order valence-electron chi connectivity index (χ0n) is 12.6. The second kappa shape index (κ2) is 6.17. The van der Waals surface area contributed by atoms with E-state index >= 15 is 0 Å². The number of nitrogens with zero attached hydrogens (tertiary/aromatic N) is 2. The van der Waals surface area contributed by atoms with Crippen LogP contribution in [0.2, 0.25) is 0 Å². The smallest absolute Gasteiger partial charge is 0.234 e. The number of hydrogen-bond donors (Lipinski definition) is 0. The van der Waals surface area contributed by atoms with E-state index in [0.717, 1.165) is 15.5 Å². The summed E-state index contributed by atoms with van der Waals surface area (Å²) < 4.78 is 23.5. The molecule has 1 saturated heterocycles. The van der Waals surface area contributed by atoms with Crippen LogP contribution in [0.25, 0.3) is 10.2 Å². The topological polar surface area (TPSA) is 42.4 Å². The molecule has 0 unspecified atom stereocenters. The van der Waals surface area contributed by atoms with Crippen molar-refractivity contribution in [2.24, 2.45) is 0 Å². The van der Waals surface area contributed by atoms with Gasteiger partial charge in [0.15, 0.2) is 4.75 Å². The molecular formula is C17H17N2O2PS. The fourth-order valence-corrected chi connectivity index (χ4v) is 7.34. The maximum absolute atomic E-state index is 14.2. The summed E-state index contributed by atoms with van der Waals surface area (Å²) in [6.07, 6.45) is 0. The lowest BCUT2D eigenvalue weighted by molar-refractivity contribution is 0.0732. The molecule has 2 aromatic carbocycles. The van der Waals surface area contributed by atoms with Crippen LogP contribution in [0.5, 0.6) is 0 Å². The highest BCUT2D eigenvalue weighted by atomic mass is 32.1. The number of morpholine rings is 1. The molecular weight excluding hydrogens is 327 g/mol. The maximum Gasteiger partial charge on any atom is 0.234 e. The van der Waals surface area contributed by atoms with Crippen molar-refractivity contribution >= 4 is 38.9 Å². The van der Waals surface area contributed by atoms with E-state index in [-0.39, 0.29) is 0 Å². The van der Waals surface area contributed by atoms with E-state index in [1.165, 1.54) is 11.3 Å². The molecule has 1 aliphatic heterocycles. The molecule has 0 saturated carbocycles. The Morgan fingerprint density at radius 1 is 1.00 bits per heavy atom. The number of rotatable bonds is 3. The highest BCUT2D eigenvalue weighted by molar-refractivity contribution is 7.81. The van der Waals surface area contributed by atoms with Gasteiger partial charge in [-0.05, 0) is 24.3 Å². The molecule has 0 bridgehead atoms. The monoisotopic (exact) mass is 344 g/mol. The predicted molar refractivity (Wildman–Crippen MR) is 95.3 cm³/mol. The Hall–Kier alpha value is -1.52. The molecule has 1 atom stereocenters. The summed E-state index contributed by atoms with van der Waals surface area (Å²) in [5, 5.41) is 0.848. The fraction of sp³-hybridized carbons (Fsp3) is 0.235. The van der Waals surface area contributed by atoms with Gasteiger partial charge in [0.2, 0.25) is 7.29 Å². The van der Waals surface area contributed by atoms with Gasteiger partial charge in [0.25, 0.3) is 0 Å². The fourth-order valence-electron chi connectivity index (χ4n) is 2.85. The van der Waals surface area contributed by atoms with Crippen LogP contribution in [0.3, 0.4) is 0 Å². The summed E-state index contributed by atoms with van der Waals surface area (Å²) in [6.45, 7) is 2.56. The number of para-hydroxylation sites is 1. The number of hydrogen-bond acceptors (Lipinski definition) is 4. The zero-order chi connectivity index (χ0) is 15.7. The van der Waals surface area contributed by atoms with Crippen molar-refractivity contribution in [1.29, 1.82) is 0 Å². The third-order valence-electron chi connectivity index (χ3n) is 4.03. The minimum absolute atomic E-state index is 0.613. The first kappa shape index (κ1) is 15.0. The van der Waals surface area contributed by atoms with Gasteiger partial charge in [-0.2, -0.15) is 0 Å². The summed E-state index contributed by atoms with van der Waals surface area (Å²) in [5.41, 5.74) is 0.914. The minimum atomic E-state index is -2.91. The quantitative estimate of drug-likeness (QED) is 0.685. The normalized spacial score (nSPS) is 18.8. The Labute approximate surface area is 139 Å². The van der Waals surface area contributed by atoms with Crippen LogP contribution in [0.1, 0.15) is 0 Å². The number of aromatic nitrogens is 1. The Bertz CT molecular complexity index is 826. The molecule has 0 radical (unpaired) electrons. The van der Waals surface area contributed by atoms with Gasteiger partial charge in [-0.1, -0.05) is 30.3 Å². The second-order valence-corrected chi connectivity index (χ2v) is 9.43. The first-order valence-corrected chi connectivity index (χ1v) is 10.1. The molecule has 118 valence electrons. The minimum Gasteiger partial charge on any atom is -0.379 e. The SMILES string of the molecule is O=[P@@](c1ccccc1)(c1nc2ccccc2s1)N1CCOCC1. The second-order valence-electron chi connectivity index (χ2n) is 5.44. The van der Waals surface area contributed by atoms with Gasteiger partial charge in [-0.25, -0.2) is 9.65 Å². The summed E-state index contributed by atoms with van der Waals surface area (Å²) >= 11 is 1.54. The van der Waals surface area contributed by atoms with E-state index in [0.29, 0.717) is 31.1 Å². The van der Waals surface area contributed by atoms with Crippen molar-refractivity contribution in [3.63, 3.8) is 0 Å². The molecule has 0 N–H and O–H groups in total. The maximum atomic E-state index is 14.2. The number of thiazole rings is 1. The van der Waals surface area contributed by atoms with Gasteiger partial charge in [0.05, 0.1) is 23.4 Å². The lowest BCUT2D eigenvalue weighted by Gasteiger charge is -2.33. The summed E-state index contributed by atoms with van der Waals surface area (Å²) in [4.78, 5) is 4.71. The van der Waals surface area contributed by atoms with Crippen molar-refractivity contribution in [2.45, 2.75) is 0 Å². The summed E-state index contributed by atoms with van der Waals surface area (Å²) in [7, 11) is -2.91. The number of benzene rings is 2. The average molecular weight is 344 g/mol. The molecule has 0 amide bonds. The Kier molecular flexibility index (Phi) is 4.04. The van der Waals surface area contributed by atoms with Gasteiger partial charge in [-0.3, -0.25) is 4.57 Å². The van der Waals surface area contributed by atoms with Gasteiger partial charge in [0.1, 0.15) is 0 Å². The molecule has 6 heteroatoms. The highest BCUT2D eigenvalue weighted by Gasteiger charge is 2.38. The molecule has 2 heterocycles. The Morgan fingerprint density at radius 2 is 1.70 bits per heavy atom. The van der Waals surface area contributed by atoms with Crippen LogP contribution in [0.15, 0.2) is 54.6 Å². The zero-order valence-corrected chi connectivity index (χ0v) is 14.3. The van der Waals surface area contributed by atoms with Crippen LogP contribution in [0, 0.1) is 0 Å². The van der Waals surface area contributed by atoms with Crippen LogP contribution in [-0.2, 0) is 9.30 Å². The average Bonchev–Trinajstić information content (AvgIpc) is 3.07. The molecule has 1 aromatic heterocycles. The van der Waals surface area contributed by atoms with Crippen LogP contribution in [0.4, 0.5) is 0 Å². The Morgan fingerprint density at radius 3 is 2.43 bits per heavy atom. The number of ether oxygens (including phenoxy) is 1. The van der Waals surface area contributed by atoms with Crippen molar-refractivity contribution in [2.75, 3.05) is 26.3 Å². The highest BCUT2D eigenvalue weighted by Crippen LogP contribution is 2.49. The van der Waals surface area contributed by atoms with E-state index in [1.54, 1.807) is 0 Å². The molecule has 3 aromatic rings. The first-order chi connectivity index (χ1) is 11.3. The van der Waals surface area contributed by atoms with E-state index in [4.69, 9.17) is 9.72 Å². The molecule has 23 heavy (non-hydrogen) atoms. The molecule has 4 nitrogen and oxygen atoms in total. The van der Waals surface area contributed by atoms with Gasteiger partial charge >= 0.3 is 0 Å². The molecule has 4 rings (SSSR count). The van der Waals surface area contributed by atoms with Crippen LogP contribution < -0.4 is 10.1 Å². The molecule has 0 aliphatic carbocycles.